The van der Waals surface area contributed by atoms with Gasteiger partial charge in [-0.2, -0.15) is 8.42 Å². The van der Waals surface area contributed by atoms with Crippen molar-refractivity contribution < 1.29 is 13.0 Å². The van der Waals surface area contributed by atoms with Crippen molar-refractivity contribution in [3.05, 3.63) is 12.7 Å². The Kier molecular flexibility index (Phi) is 4.64. The summed E-state index contributed by atoms with van der Waals surface area (Å²) in [5.41, 5.74) is 5.32. The number of nitrogens with zero attached hydrogens (tertiary/aromatic N) is 1. The maximum absolute atomic E-state index is 10.5. The Morgan fingerprint density at radius 3 is 2.62 bits per heavy atom. The molecule has 0 fully saturated rings. The Morgan fingerprint density at radius 1 is 1.77 bits per heavy atom. The van der Waals surface area contributed by atoms with Crippen LogP contribution in [0.5, 0.6) is 0 Å². The Morgan fingerprint density at radius 2 is 2.31 bits per heavy atom. The van der Waals surface area contributed by atoms with E-state index in [1.165, 1.54) is 6.08 Å². The number of aliphatic imine (C=N–C) groups is 1. The van der Waals surface area contributed by atoms with Gasteiger partial charge in [0, 0.05) is 0 Å². The molecule has 13 heavy (non-hydrogen) atoms. The summed E-state index contributed by atoms with van der Waals surface area (Å²) in [5, 5.41) is 0. The average Bonchev–Trinajstić information content (AvgIpc) is 2.00. The van der Waals surface area contributed by atoms with E-state index in [2.05, 4.69) is 11.6 Å². The van der Waals surface area contributed by atoms with Crippen molar-refractivity contribution in [3.63, 3.8) is 0 Å². The highest BCUT2D eigenvalue weighted by Gasteiger charge is 2.13. The third-order valence-electron chi connectivity index (χ3n) is 1.42. The van der Waals surface area contributed by atoms with Gasteiger partial charge < -0.3 is 5.73 Å². The van der Waals surface area contributed by atoms with Crippen LogP contribution in [-0.2, 0) is 10.1 Å². The van der Waals surface area contributed by atoms with Gasteiger partial charge in [-0.25, -0.2) is 0 Å². The van der Waals surface area contributed by atoms with Crippen molar-refractivity contribution >= 4 is 16.0 Å². The molecule has 0 spiro atoms. The van der Waals surface area contributed by atoms with Crippen LogP contribution >= 0.6 is 0 Å². The highest BCUT2D eigenvalue weighted by atomic mass is 32.2. The molecule has 5 nitrogen and oxygen atoms in total. The molecule has 0 aromatic rings. The van der Waals surface area contributed by atoms with Gasteiger partial charge in [-0.1, -0.05) is 13.5 Å². The standard InChI is InChI=1S/C7H14N2O3S/c1-3-6(5-13(10,11)12)9-7(8)4-2/h4,6H,2-3,5H2,1H3,(H2,8,9)(H,10,11,12). The van der Waals surface area contributed by atoms with Crippen LogP contribution in [0.1, 0.15) is 13.3 Å². The lowest BCUT2D eigenvalue weighted by Crippen LogP contribution is -2.21. The van der Waals surface area contributed by atoms with Crippen LogP contribution in [0.2, 0.25) is 0 Å². The molecule has 0 saturated heterocycles. The summed E-state index contributed by atoms with van der Waals surface area (Å²) < 4.78 is 29.5. The number of hydrogen-bond acceptors (Lipinski definition) is 3. The predicted molar refractivity (Wildman–Crippen MR) is 52.3 cm³/mol. The summed E-state index contributed by atoms with van der Waals surface area (Å²) in [6.07, 6.45) is 1.82. The first-order chi connectivity index (χ1) is 5.89. The van der Waals surface area contributed by atoms with Gasteiger partial charge in [0.1, 0.15) is 5.84 Å². The van der Waals surface area contributed by atoms with Gasteiger partial charge in [0.05, 0.1) is 11.8 Å². The Balaban J connectivity index is 4.46. The van der Waals surface area contributed by atoms with E-state index in [1.807, 2.05) is 0 Å². The molecule has 1 atom stereocenters. The number of hydrogen-bond donors (Lipinski definition) is 2. The van der Waals surface area contributed by atoms with Gasteiger partial charge in [-0.05, 0) is 12.5 Å². The molecule has 0 aliphatic heterocycles. The summed E-state index contributed by atoms with van der Waals surface area (Å²) in [4.78, 5) is 3.84. The van der Waals surface area contributed by atoms with E-state index >= 15 is 0 Å². The molecule has 0 saturated carbocycles. The quantitative estimate of drug-likeness (QED) is 0.381. The molecule has 3 N–H and O–H groups in total. The third-order valence-corrected chi connectivity index (χ3v) is 2.22. The lowest BCUT2D eigenvalue weighted by molar-refractivity contribution is 0.476. The maximum atomic E-state index is 10.5. The largest absolute Gasteiger partial charge is 0.384 e. The summed E-state index contributed by atoms with van der Waals surface area (Å²) in [5.74, 6) is -0.228. The topological polar surface area (TPSA) is 92.8 Å². The lowest BCUT2D eigenvalue weighted by atomic mass is 10.3. The normalized spacial score (nSPS) is 15.4. The molecule has 6 heteroatoms. The van der Waals surface area contributed by atoms with E-state index in [0.717, 1.165) is 0 Å². The van der Waals surface area contributed by atoms with Crippen LogP contribution in [0.4, 0.5) is 0 Å². The highest BCUT2D eigenvalue weighted by molar-refractivity contribution is 7.85. The first-order valence-electron chi connectivity index (χ1n) is 3.80. The fourth-order valence-electron chi connectivity index (χ4n) is 0.753. The second kappa shape index (κ2) is 4.98. The maximum Gasteiger partial charge on any atom is 0.266 e. The van der Waals surface area contributed by atoms with Gasteiger partial charge in [0.2, 0.25) is 0 Å². The fraction of sp³-hybridized carbons (Fsp3) is 0.571. The molecule has 0 radical (unpaired) electrons. The lowest BCUT2D eigenvalue weighted by Gasteiger charge is -2.07. The van der Waals surface area contributed by atoms with Crippen molar-refractivity contribution in [1.29, 1.82) is 0 Å². The summed E-state index contributed by atoms with van der Waals surface area (Å²) >= 11 is 0. The Hall–Kier alpha value is -0.880. The molecule has 0 bridgehead atoms. The number of amidine groups is 1. The minimum Gasteiger partial charge on any atom is -0.384 e. The van der Waals surface area contributed by atoms with Crippen molar-refractivity contribution in [2.45, 2.75) is 19.4 Å². The smallest absolute Gasteiger partial charge is 0.266 e. The zero-order valence-corrected chi connectivity index (χ0v) is 8.29. The van der Waals surface area contributed by atoms with Crippen LogP contribution in [0.3, 0.4) is 0 Å². The van der Waals surface area contributed by atoms with Gasteiger partial charge in [0.15, 0.2) is 0 Å². The van der Waals surface area contributed by atoms with Gasteiger partial charge in [0.25, 0.3) is 10.1 Å². The van der Waals surface area contributed by atoms with E-state index in [1.54, 1.807) is 6.92 Å². The van der Waals surface area contributed by atoms with Gasteiger partial charge >= 0.3 is 0 Å². The predicted octanol–water partition coefficient (Wildman–Crippen LogP) is 0.196. The van der Waals surface area contributed by atoms with E-state index in [9.17, 15) is 8.42 Å². The van der Waals surface area contributed by atoms with Crippen molar-refractivity contribution in [2.24, 2.45) is 10.7 Å². The van der Waals surface area contributed by atoms with E-state index < -0.39 is 21.9 Å². The molecular formula is C7H14N2O3S. The van der Waals surface area contributed by atoms with Crippen LogP contribution in [0, 0.1) is 0 Å². The highest BCUT2D eigenvalue weighted by Crippen LogP contribution is 2.01. The summed E-state index contributed by atoms with van der Waals surface area (Å²) in [6, 6.07) is -0.506. The zero-order chi connectivity index (χ0) is 10.5. The molecular weight excluding hydrogens is 192 g/mol. The van der Waals surface area contributed by atoms with Crippen LogP contribution in [-0.4, -0.2) is 30.6 Å². The van der Waals surface area contributed by atoms with Gasteiger partial charge in [-0.3, -0.25) is 9.55 Å². The minimum atomic E-state index is -3.99. The second-order valence-corrected chi connectivity index (χ2v) is 4.07. The number of nitrogens with two attached hydrogens (primary N) is 1. The fourth-order valence-corrected chi connectivity index (χ4v) is 1.55. The monoisotopic (exact) mass is 206 g/mol. The molecule has 0 aliphatic rings. The minimum absolute atomic E-state index is 0.176. The van der Waals surface area contributed by atoms with Crippen LogP contribution in [0.25, 0.3) is 0 Å². The van der Waals surface area contributed by atoms with Gasteiger partial charge in [-0.15, -0.1) is 0 Å². The van der Waals surface area contributed by atoms with Crippen molar-refractivity contribution in [2.75, 3.05) is 5.75 Å². The molecule has 0 heterocycles. The van der Waals surface area contributed by atoms with Crippen molar-refractivity contribution in [3.8, 4) is 0 Å². The van der Waals surface area contributed by atoms with Crippen LogP contribution in [0.15, 0.2) is 17.6 Å². The average molecular weight is 206 g/mol. The molecule has 76 valence electrons. The zero-order valence-electron chi connectivity index (χ0n) is 7.47. The van der Waals surface area contributed by atoms with E-state index in [4.69, 9.17) is 10.3 Å². The molecule has 1 unspecified atom stereocenters. The molecule has 0 aromatic carbocycles. The molecule has 0 aliphatic carbocycles. The Bertz CT molecular complexity index is 295. The van der Waals surface area contributed by atoms with E-state index in [-0.39, 0.29) is 5.84 Å². The first-order valence-corrected chi connectivity index (χ1v) is 5.40. The third kappa shape index (κ3) is 6.30. The summed E-state index contributed by atoms with van der Waals surface area (Å²) in [7, 11) is -3.99. The molecule has 0 rings (SSSR count). The van der Waals surface area contributed by atoms with Crippen molar-refractivity contribution in [1.82, 2.24) is 0 Å². The summed E-state index contributed by atoms with van der Waals surface area (Å²) in [6.45, 7) is 5.14. The number of rotatable bonds is 5. The first kappa shape index (κ1) is 12.1. The molecule has 0 aromatic heterocycles. The SMILES string of the molecule is C=CC(N)=NC(CC)CS(=O)(=O)O. The van der Waals surface area contributed by atoms with Crippen LogP contribution < -0.4 is 5.73 Å². The second-order valence-electron chi connectivity index (χ2n) is 2.57. The van der Waals surface area contributed by atoms with E-state index in [0.29, 0.717) is 6.42 Å². The molecule has 0 amide bonds. The Labute approximate surface area is 78.1 Å².